The number of β-amino-alcohol motifs (C(OH)–C–C–N with tert-alkyl or cyclic N) is 1. The van der Waals surface area contributed by atoms with Crippen LogP contribution in [-0.4, -0.2) is 35.2 Å². The molecule has 3 atom stereocenters. The second kappa shape index (κ2) is 5.12. The van der Waals surface area contributed by atoms with Crippen LogP contribution in [0.5, 0.6) is 0 Å². The maximum absolute atomic E-state index is 13.2. The van der Waals surface area contributed by atoms with Crippen molar-refractivity contribution in [3.63, 3.8) is 0 Å². The van der Waals surface area contributed by atoms with Gasteiger partial charge in [0.1, 0.15) is 5.82 Å². The Morgan fingerprint density at radius 3 is 2.82 bits per heavy atom. The molecule has 2 rings (SSSR count). The number of nitrogens with two attached hydrogens (primary N) is 1. The summed E-state index contributed by atoms with van der Waals surface area (Å²) >= 11 is 0. The van der Waals surface area contributed by atoms with E-state index in [1.807, 2.05) is 13.0 Å². The number of benzene rings is 1. The lowest BCUT2D eigenvalue weighted by Crippen LogP contribution is -2.38. The molecule has 0 radical (unpaired) electrons. The number of aliphatic hydroxyl groups excluding tert-OH is 1. The number of hydrogen-bond acceptors (Lipinski definition) is 3. The number of nitrogens with zero attached hydrogens (tertiary/aromatic N) is 1. The average Bonchev–Trinajstić information content (AvgIpc) is 2.64. The molecule has 1 aromatic carbocycles. The summed E-state index contributed by atoms with van der Waals surface area (Å²) in [4.78, 5) is 2.13. The summed E-state index contributed by atoms with van der Waals surface area (Å²) in [5.74, 6) is -0.243. The Balaban J connectivity index is 2.23. The van der Waals surface area contributed by atoms with Crippen molar-refractivity contribution in [2.24, 2.45) is 5.73 Å². The van der Waals surface area contributed by atoms with E-state index in [0.717, 1.165) is 18.5 Å². The molecule has 3 N–H and O–H groups in total. The summed E-state index contributed by atoms with van der Waals surface area (Å²) in [6.45, 7) is 3.34. The van der Waals surface area contributed by atoms with Crippen molar-refractivity contribution in [1.29, 1.82) is 0 Å². The van der Waals surface area contributed by atoms with Crippen LogP contribution in [0.4, 0.5) is 4.39 Å². The number of rotatable bonds is 3. The molecule has 1 fully saturated rings. The van der Waals surface area contributed by atoms with Crippen LogP contribution in [0.1, 0.15) is 24.9 Å². The van der Waals surface area contributed by atoms with E-state index in [-0.39, 0.29) is 24.0 Å². The summed E-state index contributed by atoms with van der Waals surface area (Å²) < 4.78 is 13.2. The molecule has 1 saturated heterocycles. The van der Waals surface area contributed by atoms with Gasteiger partial charge >= 0.3 is 0 Å². The Bertz CT molecular complexity index is 383. The van der Waals surface area contributed by atoms with Gasteiger partial charge in [0.05, 0.1) is 6.10 Å². The molecule has 1 aliphatic rings. The lowest BCUT2D eigenvalue weighted by atomic mass is 9.99. The fourth-order valence-electron chi connectivity index (χ4n) is 2.56. The van der Waals surface area contributed by atoms with Crippen LogP contribution in [-0.2, 0) is 0 Å². The molecule has 0 spiro atoms. The first-order valence-electron chi connectivity index (χ1n) is 6.01. The van der Waals surface area contributed by atoms with Crippen molar-refractivity contribution in [2.75, 3.05) is 13.1 Å². The van der Waals surface area contributed by atoms with Gasteiger partial charge in [-0.25, -0.2) is 4.39 Å². The lowest BCUT2D eigenvalue weighted by molar-refractivity contribution is 0.151. The molecule has 0 amide bonds. The third-order valence-electron chi connectivity index (χ3n) is 3.28. The molecule has 0 saturated carbocycles. The molecule has 0 bridgehead atoms. The topological polar surface area (TPSA) is 49.5 Å². The largest absolute Gasteiger partial charge is 0.392 e. The van der Waals surface area contributed by atoms with E-state index in [0.29, 0.717) is 6.54 Å². The zero-order chi connectivity index (χ0) is 12.4. The predicted octanol–water partition coefficient (Wildman–Crippen LogP) is 1.28. The van der Waals surface area contributed by atoms with Crippen LogP contribution in [0, 0.1) is 5.82 Å². The van der Waals surface area contributed by atoms with E-state index >= 15 is 0 Å². The Morgan fingerprint density at radius 1 is 1.53 bits per heavy atom. The number of likely N-dealkylation sites (tertiary alicyclic amines) is 1. The molecule has 0 aliphatic carbocycles. The van der Waals surface area contributed by atoms with Gasteiger partial charge in [-0.2, -0.15) is 0 Å². The van der Waals surface area contributed by atoms with Gasteiger partial charge in [0.2, 0.25) is 0 Å². The lowest BCUT2D eigenvalue weighted by Gasteiger charge is -2.31. The van der Waals surface area contributed by atoms with Crippen molar-refractivity contribution in [2.45, 2.75) is 31.5 Å². The summed E-state index contributed by atoms with van der Waals surface area (Å²) in [7, 11) is 0. The van der Waals surface area contributed by atoms with Gasteiger partial charge in [-0.05, 0) is 31.0 Å². The Hall–Kier alpha value is -0.970. The second-order valence-electron chi connectivity index (χ2n) is 4.80. The van der Waals surface area contributed by atoms with Gasteiger partial charge in [-0.3, -0.25) is 4.90 Å². The van der Waals surface area contributed by atoms with Gasteiger partial charge in [0.15, 0.2) is 0 Å². The molecule has 1 heterocycles. The van der Waals surface area contributed by atoms with Crippen molar-refractivity contribution in [3.05, 3.63) is 35.6 Å². The maximum Gasteiger partial charge on any atom is 0.123 e. The highest BCUT2D eigenvalue weighted by Gasteiger charge is 2.30. The quantitative estimate of drug-likeness (QED) is 0.834. The average molecular weight is 238 g/mol. The monoisotopic (exact) mass is 238 g/mol. The molecule has 1 aliphatic heterocycles. The first-order chi connectivity index (χ1) is 8.08. The standard InChI is InChI=1S/C13H19FN2O/c1-9(15)13(16-6-5-12(17)8-16)10-3-2-4-11(14)7-10/h2-4,7,9,12-13,17H,5-6,8,15H2,1H3. The summed E-state index contributed by atoms with van der Waals surface area (Å²) in [5.41, 5.74) is 6.88. The zero-order valence-electron chi connectivity index (χ0n) is 10.0. The fourth-order valence-corrected chi connectivity index (χ4v) is 2.56. The van der Waals surface area contributed by atoms with Crippen molar-refractivity contribution in [1.82, 2.24) is 4.90 Å². The van der Waals surface area contributed by atoms with Crippen LogP contribution in [0.2, 0.25) is 0 Å². The van der Waals surface area contributed by atoms with Gasteiger partial charge < -0.3 is 10.8 Å². The summed E-state index contributed by atoms with van der Waals surface area (Å²) in [6.07, 6.45) is 0.475. The molecule has 1 aromatic rings. The van der Waals surface area contributed by atoms with E-state index in [1.54, 1.807) is 6.07 Å². The molecular weight excluding hydrogens is 219 g/mol. The minimum atomic E-state index is -0.287. The Morgan fingerprint density at radius 2 is 2.29 bits per heavy atom. The van der Waals surface area contributed by atoms with Gasteiger partial charge in [0, 0.05) is 25.2 Å². The van der Waals surface area contributed by atoms with Crippen LogP contribution < -0.4 is 5.73 Å². The molecule has 0 aromatic heterocycles. The smallest absolute Gasteiger partial charge is 0.123 e. The minimum Gasteiger partial charge on any atom is -0.392 e. The van der Waals surface area contributed by atoms with E-state index < -0.39 is 0 Å². The van der Waals surface area contributed by atoms with E-state index in [1.165, 1.54) is 12.1 Å². The highest BCUT2D eigenvalue weighted by molar-refractivity contribution is 5.22. The van der Waals surface area contributed by atoms with Gasteiger partial charge in [-0.15, -0.1) is 0 Å². The Labute approximate surface area is 101 Å². The maximum atomic E-state index is 13.2. The highest BCUT2D eigenvalue weighted by Crippen LogP contribution is 2.27. The van der Waals surface area contributed by atoms with Crippen LogP contribution >= 0.6 is 0 Å². The number of hydrogen-bond donors (Lipinski definition) is 2. The molecular formula is C13H19FN2O. The first-order valence-corrected chi connectivity index (χ1v) is 6.01. The fraction of sp³-hybridized carbons (Fsp3) is 0.538. The third-order valence-corrected chi connectivity index (χ3v) is 3.28. The predicted molar refractivity (Wildman–Crippen MR) is 65.0 cm³/mol. The third kappa shape index (κ3) is 2.83. The minimum absolute atomic E-state index is 0.0251. The SMILES string of the molecule is CC(N)C(c1cccc(F)c1)N1CCC(O)C1. The number of halogens is 1. The van der Waals surface area contributed by atoms with Crippen molar-refractivity contribution >= 4 is 0 Å². The van der Waals surface area contributed by atoms with Crippen molar-refractivity contribution in [3.8, 4) is 0 Å². The Kier molecular flexibility index (Phi) is 3.76. The molecule has 94 valence electrons. The van der Waals surface area contributed by atoms with Crippen LogP contribution in [0.3, 0.4) is 0 Å². The van der Waals surface area contributed by atoms with Gasteiger partial charge in [0.25, 0.3) is 0 Å². The molecule has 3 nitrogen and oxygen atoms in total. The zero-order valence-corrected chi connectivity index (χ0v) is 10.0. The van der Waals surface area contributed by atoms with Gasteiger partial charge in [-0.1, -0.05) is 12.1 Å². The number of aliphatic hydroxyl groups is 1. The normalized spacial score (nSPS) is 24.8. The molecule has 4 heteroatoms. The molecule has 3 unspecified atom stereocenters. The summed E-state index contributed by atoms with van der Waals surface area (Å²) in [5, 5.41) is 9.58. The second-order valence-corrected chi connectivity index (χ2v) is 4.80. The molecule has 17 heavy (non-hydrogen) atoms. The highest BCUT2D eigenvalue weighted by atomic mass is 19.1. The van der Waals surface area contributed by atoms with Crippen LogP contribution in [0.25, 0.3) is 0 Å². The van der Waals surface area contributed by atoms with Crippen molar-refractivity contribution < 1.29 is 9.50 Å². The first kappa shape index (κ1) is 12.5. The van der Waals surface area contributed by atoms with E-state index in [2.05, 4.69) is 4.90 Å². The van der Waals surface area contributed by atoms with Crippen LogP contribution in [0.15, 0.2) is 24.3 Å². The van der Waals surface area contributed by atoms with E-state index in [9.17, 15) is 9.50 Å². The summed E-state index contributed by atoms with van der Waals surface area (Å²) in [6, 6.07) is 6.43. The van der Waals surface area contributed by atoms with E-state index in [4.69, 9.17) is 5.73 Å².